The predicted molar refractivity (Wildman–Crippen MR) is 164 cm³/mol. The van der Waals surface area contributed by atoms with E-state index in [0.29, 0.717) is 6.61 Å². The molecule has 1 saturated heterocycles. The first kappa shape index (κ1) is 44.6. The van der Waals surface area contributed by atoms with Gasteiger partial charge in [0.05, 0.1) is 25.9 Å². The maximum absolute atomic E-state index is 12.1. The van der Waals surface area contributed by atoms with Gasteiger partial charge in [0, 0.05) is 13.0 Å². The molecule has 0 aliphatic carbocycles. The van der Waals surface area contributed by atoms with E-state index in [1.54, 1.807) is 0 Å². The maximum Gasteiger partial charge on any atom is 1.00 e. The minimum absolute atomic E-state index is 0. The van der Waals surface area contributed by atoms with Crippen LogP contribution in [0.2, 0.25) is 0 Å². The van der Waals surface area contributed by atoms with Gasteiger partial charge in [-0.2, -0.15) is 0 Å². The second-order valence-electron chi connectivity index (χ2n) is 12.1. The van der Waals surface area contributed by atoms with Crippen molar-refractivity contribution in [3.63, 3.8) is 0 Å². The molecule has 45 heavy (non-hydrogen) atoms. The Hall–Kier alpha value is -0.380. The molecule has 260 valence electrons. The minimum atomic E-state index is -2.50. The van der Waals surface area contributed by atoms with E-state index in [4.69, 9.17) is 14.2 Å². The minimum Gasteiger partial charge on any atom is -0.862 e. The van der Waals surface area contributed by atoms with Gasteiger partial charge in [-0.15, -0.1) is 0 Å². The number of nitrogens with zero attached hydrogens (tertiary/aromatic N) is 1. The number of aliphatic hydroxyl groups is 5. The van der Waals surface area contributed by atoms with Crippen molar-refractivity contribution < 1.29 is 84.3 Å². The molecule has 0 aromatic rings. The largest absolute Gasteiger partial charge is 1.00 e. The average Bonchev–Trinajstić information content (AvgIpc) is 2.99. The molecule has 0 radical (unpaired) electrons. The van der Waals surface area contributed by atoms with E-state index in [1.807, 2.05) is 0 Å². The summed E-state index contributed by atoms with van der Waals surface area (Å²) in [4.78, 5) is 15.8. The Morgan fingerprint density at radius 2 is 1.40 bits per heavy atom. The average molecular weight is 658 g/mol. The van der Waals surface area contributed by atoms with Crippen LogP contribution in [-0.4, -0.2) is 111 Å². The van der Waals surface area contributed by atoms with Crippen molar-refractivity contribution in [1.82, 2.24) is 0 Å². The van der Waals surface area contributed by atoms with Gasteiger partial charge in [-0.05, 0) is 19.2 Å². The number of ether oxygens (including phenoxy) is 3. The van der Waals surface area contributed by atoms with Gasteiger partial charge in [0.15, 0.2) is 0 Å². The van der Waals surface area contributed by atoms with E-state index in [2.05, 4.69) is 11.9 Å². The second-order valence-corrected chi connectivity index (χ2v) is 12.1. The quantitative estimate of drug-likeness (QED) is 0.0286. The zero-order valence-electron chi connectivity index (χ0n) is 28.0. The molecule has 12 nitrogen and oxygen atoms in total. The zero-order valence-corrected chi connectivity index (χ0v) is 30.0. The molecular formula is C32H60NNaO11. The van der Waals surface area contributed by atoms with Crippen molar-refractivity contribution in [2.24, 2.45) is 4.99 Å². The smallest absolute Gasteiger partial charge is 0.862 e. The summed E-state index contributed by atoms with van der Waals surface area (Å²) in [6.07, 6.45) is 11.5. The number of hydrogen-bond donors (Lipinski definition) is 6. The van der Waals surface area contributed by atoms with Crippen LogP contribution in [0, 0.1) is 0 Å². The predicted octanol–water partition coefficient (Wildman–Crippen LogP) is -0.562. The van der Waals surface area contributed by atoms with Crippen LogP contribution in [0.3, 0.4) is 0 Å². The Labute approximate surface area is 291 Å². The molecule has 0 aromatic heterocycles. The maximum atomic E-state index is 12.1. The van der Waals surface area contributed by atoms with Crippen molar-refractivity contribution in [3.8, 4) is 0 Å². The molecule has 1 aliphatic rings. The number of carbonyl (C=O) groups is 1. The van der Waals surface area contributed by atoms with Gasteiger partial charge in [-0.25, -0.2) is 4.79 Å². The van der Waals surface area contributed by atoms with E-state index in [1.165, 1.54) is 83.5 Å². The molecule has 7 atom stereocenters. The number of carboxylic acids is 1. The summed E-state index contributed by atoms with van der Waals surface area (Å²) in [5.41, 5.74) is 0. The third-order valence-corrected chi connectivity index (χ3v) is 8.07. The second kappa shape index (κ2) is 26.6. The van der Waals surface area contributed by atoms with Crippen molar-refractivity contribution in [2.75, 3.05) is 26.4 Å². The fourth-order valence-corrected chi connectivity index (χ4v) is 5.46. The van der Waals surface area contributed by atoms with Gasteiger partial charge in [0.1, 0.15) is 30.5 Å². The summed E-state index contributed by atoms with van der Waals surface area (Å²) in [5, 5.41) is 71.8. The third-order valence-electron chi connectivity index (χ3n) is 8.07. The summed E-state index contributed by atoms with van der Waals surface area (Å²) < 4.78 is 16.4. The summed E-state index contributed by atoms with van der Waals surface area (Å²) in [6.45, 7) is 2.29. The molecule has 1 unspecified atom stereocenters. The van der Waals surface area contributed by atoms with Crippen LogP contribution in [0.4, 0.5) is 0 Å². The van der Waals surface area contributed by atoms with E-state index in [-0.39, 0.29) is 36.2 Å². The van der Waals surface area contributed by atoms with Crippen molar-refractivity contribution in [2.45, 2.75) is 165 Å². The number of aliphatic hydroxyl groups excluding tert-OH is 5. The summed E-state index contributed by atoms with van der Waals surface area (Å²) in [7, 11) is 0. The number of carboxylic acid groups (broad SMARTS) is 1. The molecule has 0 saturated carbocycles. The van der Waals surface area contributed by atoms with E-state index in [0.717, 1.165) is 26.2 Å². The summed E-state index contributed by atoms with van der Waals surface area (Å²) in [5.74, 6) is -4.86. The van der Waals surface area contributed by atoms with Gasteiger partial charge in [-0.3, -0.25) is 4.99 Å². The fraction of sp³-hybridized carbons (Fsp3) is 0.938. The molecule has 1 rings (SSSR count). The fourth-order valence-electron chi connectivity index (χ4n) is 5.46. The first-order chi connectivity index (χ1) is 21.1. The molecule has 1 fully saturated rings. The van der Waals surface area contributed by atoms with Gasteiger partial charge in [-0.1, -0.05) is 103 Å². The van der Waals surface area contributed by atoms with Crippen molar-refractivity contribution in [3.05, 3.63) is 0 Å². The molecule has 1 aliphatic heterocycles. The number of aliphatic imine (C=N–C) groups is 1. The monoisotopic (exact) mass is 657 g/mol. The van der Waals surface area contributed by atoms with E-state index < -0.39 is 73.9 Å². The molecule has 0 amide bonds. The Balaban J connectivity index is 0.0000194. The molecule has 0 bridgehead atoms. The number of unbranched alkanes of at least 4 members (excludes halogenated alkanes) is 15. The van der Waals surface area contributed by atoms with Crippen LogP contribution in [0.1, 0.15) is 123 Å². The van der Waals surface area contributed by atoms with Crippen molar-refractivity contribution in [1.29, 1.82) is 0 Å². The topological polar surface area (TPSA) is 202 Å². The molecule has 13 heteroatoms. The number of hydrogen-bond acceptors (Lipinski definition) is 11. The van der Waals surface area contributed by atoms with Gasteiger partial charge in [0.2, 0.25) is 0 Å². The van der Waals surface area contributed by atoms with E-state index >= 15 is 0 Å². The van der Waals surface area contributed by atoms with E-state index in [9.17, 15) is 40.5 Å². The number of rotatable bonds is 27. The van der Waals surface area contributed by atoms with Crippen LogP contribution in [0.25, 0.3) is 0 Å². The Morgan fingerprint density at radius 1 is 0.911 bits per heavy atom. The normalized spacial score (nSPS) is 24.2. The molecule has 1 heterocycles. The first-order valence-corrected chi connectivity index (χ1v) is 16.7. The SMILES string of the molecule is CCCCCCCCCCCCCCCCCCOCC(O)CO[C@@]1(C(=O)O)C[C@H](O)[C@@H](N=C(C)[O-])[C@H]([C@H](O)[C@H](O)CO)O1.[Na+]. The third kappa shape index (κ3) is 18.7. The van der Waals surface area contributed by atoms with Gasteiger partial charge >= 0.3 is 35.5 Å². The Morgan fingerprint density at radius 3 is 1.84 bits per heavy atom. The molecule has 0 aromatic carbocycles. The molecular weight excluding hydrogens is 597 g/mol. The Bertz CT molecular complexity index is 773. The zero-order chi connectivity index (χ0) is 32.8. The molecule has 0 spiro atoms. The van der Waals surface area contributed by atoms with Crippen molar-refractivity contribution >= 4 is 11.9 Å². The Kier molecular flexibility index (Phi) is 26.3. The number of aliphatic carboxylic acids is 1. The van der Waals surface area contributed by atoms with Crippen LogP contribution in [0.15, 0.2) is 4.99 Å². The van der Waals surface area contributed by atoms with Gasteiger partial charge < -0.3 is 50.0 Å². The van der Waals surface area contributed by atoms with Crippen LogP contribution >= 0.6 is 0 Å². The molecule has 6 N–H and O–H groups in total. The van der Waals surface area contributed by atoms with Gasteiger partial charge in [0.25, 0.3) is 5.79 Å². The van der Waals surface area contributed by atoms with Crippen LogP contribution in [-0.2, 0) is 19.0 Å². The summed E-state index contributed by atoms with van der Waals surface area (Å²) >= 11 is 0. The standard InChI is InChI=1S/C32H61NO11.Na/c1-3-4-5-6-7-8-9-10-11-12-13-14-15-16-17-18-19-42-22-25(36)23-43-32(31(40)41)20-26(37)28(33-24(2)35)30(44-32)29(39)27(38)21-34;/h25-30,34,36-39H,3-23H2,1-2H3,(H,33,35)(H,40,41);/q;+1/p-1/t25?,26-,27+,28+,29+,30+,32-;/m0./s1. The summed E-state index contributed by atoms with van der Waals surface area (Å²) in [6, 6.07) is -1.41. The van der Waals surface area contributed by atoms with Crippen LogP contribution < -0.4 is 34.7 Å². The van der Waals surface area contributed by atoms with Crippen LogP contribution in [0.5, 0.6) is 0 Å². The first-order valence-electron chi connectivity index (χ1n) is 16.7.